The van der Waals surface area contributed by atoms with Gasteiger partial charge in [-0.1, -0.05) is 83.6 Å². The Labute approximate surface area is 263 Å². The van der Waals surface area contributed by atoms with Crippen LogP contribution in [0.2, 0.25) is 5.02 Å². The molecule has 1 atom stereocenters. The van der Waals surface area contributed by atoms with Gasteiger partial charge < -0.3 is 14.8 Å². The molecule has 1 aliphatic rings. The molecule has 7 nitrogen and oxygen atoms in total. The summed E-state index contributed by atoms with van der Waals surface area (Å²) in [7, 11) is 1.60. The molecule has 0 fully saturated rings. The van der Waals surface area contributed by atoms with Gasteiger partial charge in [-0.05, 0) is 66.6 Å². The molecule has 0 aliphatic carbocycles. The molecule has 1 amide bonds. The lowest BCUT2D eigenvalue weighted by molar-refractivity contribution is -0.113. The number of rotatable bonds is 8. The second-order valence-electron chi connectivity index (χ2n) is 10.1. The normalized spacial score (nSPS) is 14.5. The number of nitrogens with one attached hydrogen (secondary N) is 1. The standard InChI is InChI=1S/C35H28ClN3O4S/c1-22-31(33(40)38-27-9-4-3-5-10-27)32(24-14-18-28(42-2)19-15-24)39-34(41)30(44-35(39)37-22)20-25-8-6-7-11-29(25)43-21-23-12-16-26(36)17-13-23/h3-20,32H,21H2,1-2H3,(H,38,40)/b30-20+/t32-/m1/s1. The molecule has 0 bridgehead atoms. The van der Waals surface area contributed by atoms with E-state index < -0.39 is 6.04 Å². The molecule has 4 aromatic carbocycles. The highest BCUT2D eigenvalue weighted by Gasteiger charge is 2.32. The van der Waals surface area contributed by atoms with Gasteiger partial charge in [0.2, 0.25) is 0 Å². The molecular formula is C35H28ClN3O4S. The maximum atomic E-state index is 14.1. The fraction of sp³-hybridized carbons (Fsp3) is 0.114. The molecule has 0 saturated carbocycles. The van der Waals surface area contributed by atoms with Crippen molar-refractivity contribution in [1.82, 2.24) is 4.57 Å². The van der Waals surface area contributed by atoms with Crippen LogP contribution >= 0.6 is 22.9 Å². The van der Waals surface area contributed by atoms with Crippen molar-refractivity contribution in [3.8, 4) is 11.5 Å². The van der Waals surface area contributed by atoms with E-state index in [1.54, 1.807) is 18.6 Å². The van der Waals surface area contributed by atoms with E-state index in [1.165, 1.54) is 11.3 Å². The molecule has 0 radical (unpaired) electrons. The van der Waals surface area contributed by atoms with Crippen molar-refractivity contribution >= 4 is 40.6 Å². The van der Waals surface area contributed by atoms with Crippen molar-refractivity contribution in [2.24, 2.45) is 4.99 Å². The van der Waals surface area contributed by atoms with Gasteiger partial charge in [-0.15, -0.1) is 0 Å². The molecule has 9 heteroatoms. The number of allylic oxidation sites excluding steroid dienone is 1. The lowest BCUT2D eigenvalue weighted by Gasteiger charge is -2.25. The Kier molecular flexibility index (Phi) is 8.45. The fourth-order valence-corrected chi connectivity index (χ4v) is 6.21. The predicted molar refractivity (Wildman–Crippen MR) is 174 cm³/mol. The number of anilines is 1. The number of hydrogen-bond acceptors (Lipinski definition) is 6. The van der Waals surface area contributed by atoms with Gasteiger partial charge in [-0.3, -0.25) is 14.2 Å². The number of carbonyl (C=O) groups excluding carboxylic acids is 1. The molecule has 220 valence electrons. The predicted octanol–water partition coefficient (Wildman–Crippen LogP) is 6.11. The molecular weight excluding hydrogens is 594 g/mol. The Balaban J connectivity index is 1.42. The van der Waals surface area contributed by atoms with Gasteiger partial charge in [0.25, 0.3) is 11.5 Å². The van der Waals surface area contributed by atoms with Gasteiger partial charge in [0.05, 0.1) is 29.0 Å². The first kappa shape index (κ1) is 29.2. The summed E-state index contributed by atoms with van der Waals surface area (Å²) in [4.78, 5) is 33.1. The Morgan fingerprint density at radius 1 is 0.977 bits per heavy atom. The third-order valence-corrected chi connectivity index (χ3v) is 8.48. The van der Waals surface area contributed by atoms with E-state index in [1.807, 2.05) is 109 Å². The maximum absolute atomic E-state index is 14.1. The summed E-state index contributed by atoms with van der Waals surface area (Å²) < 4.78 is 13.6. The number of halogens is 1. The van der Waals surface area contributed by atoms with E-state index in [0.29, 0.717) is 49.4 Å². The third-order valence-electron chi connectivity index (χ3n) is 7.24. The van der Waals surface area contributed by atoms with Crippen LogP contribution in [0, 0.1) is 0 Å². The average Bonchev–Trinajstić information content (AvgIpc) is 3.35. The van der Waals surface area contributed by atoms with E-state index in [0.717, 1.165) is 16.7 Å². The number of methoxy groups -OCH3 is 1. The van der Waals surface area contributed by atoms with Crippen LogP contribution in [0.25, 0.3) is 6.08 Å². The molecule has 5 aromatic rings. The number of aromatic nitrogens is 1. The smallest absolute Gasteiger partial charge is 0.271 e. The van der Waals surface area contributed by atoms with E-state index in [4.69, 9.17) is 26.1 Å². The molecule has 1 N–H and O–H groups in total. The lowest BCUT2D eigenvalue weighted by Crippen LogP contribution is -2.40. The molecule has 44 heavy (non-hydrogen) atoms. The molecule has 6 rings (SSSR count). The molecule has 1 aliphatic heterocycles. The number of nitrogens with zero attached hydrogens (tertiary/aromatic N) is 2. The van der Waals surface area contributed by atoms with E-state index >= 15 is 0 Å². The Hall–Kier alpha value is -4.92. The van der Waals surface area contributed by atoms with Crippen molar-refractivity contribution in [3.63, 3.8) is 0 Å². The van der Waals surface area contributed by atoms with Crippen LogP contribution in [0.1, 0.15) is 29.7 Å². The summed E-state index contributed by atoms with van der Waals surface area (Å²) in [5.74, 6) is 0.986. The average molecular weight is 622 g/mol. The van der Waals surface area contributed by atoms with Crippen LogP contribution in [-0.4, -0.2) is 17.6 Å². The highest BCUT2D eigenvalue weighted by Crippen LogP contribution is 2.32. The minimum Gasteiger partial charge on any atom is -0.497 e. The summed E-state index contributed by atoms with van der Waals surface area (Å²) in [5.41, 5.74) is 3.82. The van der Waals surface area contributed by atoms with E-state index in [2.05, 4.69) is 5.32 Å². The number of fused-ring (bicyclic) bond motifs is 1. The van der Waals surface area contributed by atoms with Gasteiger partial charge >= 0.3 is 0 Å². The van der Waals surface area contributed by atoms with Gasteiger partial charge in [0.15, 0.2) is 4.80 Å². The van der Waals surface area contributed by atoms with Gasteiger partial charge in [0, 0.05) is 16.3 Å². The minimum atomic E-state index is -0.695. The van der Waals surface area contributed by atoms with Crippen molar-refractivity contribution in [2.45, 2.75) is 19.6 Å². The quantitative estimate of drug-likeness (QED) is 0.227. The molecule has 1 aromatic heterocycles. The van der Waals surface area contributed by atoms with Crippen molar-refractivity contribution in [2.75, 3.05) is 12.4 Å². The van der Waals surface area contributed by atoms with E-state index in [9.17, 15) is 9.59 Å². The maximum Gasteiger partial charge on any atom is 0.271 e. The first-order chi connectivity index (χ1) is 21.4. The lowest BCUT2D eigenvalue weighted by atomic mass is 9.95. The molecule has 2 heterocycles. The first-order valence-corrected chi connectivity index (χ1v) is 15.1. The van der Waals surface area contributed by atoms with Crippen molar-refractivity contribution < 1.29 is 14.3 Å². The number of amides is 1. The zero-order valence-corrected chi connectivity index (χ0v) is 25.6. The number of hydrogen-bond donors (Lipinski definition) is 1. The summed E-state index contributed by atoms with van der Waals surface area (Å²) in [6.07, 6.45) is 1.81. The van der Waals surface area contributed by atoms with Crippen LogP contribution < -0.4 is 29.7 Å². The number of para-hydroxylation sites is 2. The summed E-state index contributed by atoms with van der Waals surface area (Å²) in [6.45, 7) is 2.15. The Morgan fingerprint density at radius 3 is 2.41 bits per heavy atom. The summed E-state index contributed by atoms with van der Waals surface area (Å²) >= 11 is 7.30. The second kappa shape index (κ2) is 12.8. The number of thiazole rings is 1. The van der Waals surface area contributed by atoms with Crippen LogP contribution in [0.3, 0.4) is 0 Å². The molecule has 0 spiro atoms. The van der Waals surface area contributed by atoms with Gasteiger partial charge in [-0.2, -0.15) is 0 Å². The molecule has 0 saturated heterocycles. The summed E-state index contributed by atoms with van der Waals surface area (Å²) in [5, 5.41) is 3.63. The fourth-order valence-electron chi connectivity index (χ4n) is 5.05. The number of benzene rings is 4. The van der Waals surface area contributed by atoms with Crippen LogP contribution in [0.15, 0.2) is 124 Å². The first-order valence-electron chi connectivity index (χ1n) is 13.9. The third kappa shape index (κ3) is 6.08. The number of carbonyl (C=O) groups is 1. The van der Waals surface area contributed by atoms with Crippen LogP contribution in [-0.2, 0) is 11.4 Å². The Bertz CT molecular complexity index is 2030. The zero-order valence-electron chi connectivity index (χ0n) is 24.0. The molecule has 0 unspecified atom stereocenters. The number of ether oxygens (including phenoxy) is 2. The highest BCUT2D eigenvalue weighted by atomic mass is 35.5. The van der Waals surface area contributed by atoms with Gasteiger partial charge in [0.1, 0.15) is 18.1 Å². The van der Waals surface area contributed by atoms with Gasteiger partial charge in [-0.25, -0.2) is 4.99 Å². The van der Waals surface area contributed by atoms with Crippen molar-refractivity contribution in [1.29, 1.82) is 0 Å². The zero-order chi connectivity index (χ0) is 30.6. The SMILES string of the molecule is COc1ccc([C@@H]2C(C(=O)Nc3ccccc3)=C(C)N=c3s/c(=C/c4ccccc4OCc4ccc(Cl)cc4)c(=O)n32)cc1. The minimum absolute atomic E-state index is 0.250. The monoisotopic (exact) mass is 621 g/mol. The topological polar surface area (TPSA) is 81.9 Å². The van der Waals surface area contributed by atoms with Crippen molar-refractivity contribution in [3.05, 3.63) is 156 Å². The second-order valence-corrected chi connectivity index (χ2v) is 11.6. The van der Waals surface area contributed by atoms with E-state index in [-0.39, 0.29) is 11.5 Å². The van der Waals surface area contributed by atoms with Crippen LogP contribution in [0.5, 0.6) is 11.5 Å². The Morgan fingerprint density at radius 2 is 1.68 bits per heavy atom. The largest absolute Gasteiger partial charge is 0.497 e. The highest BCUT2D eigenvalue weighted by molar-refractivity contribution is 7.07. The van der Waals surface area contributed by atoms with Crippen LogP contribution in [0.4, 0.5) is 5.69 Å². The summed E-state index contributed by atoms with van der Waals surface area (Å²) in [6, 6.07) is 30.9.